The lowest BCUT2D eigenvalue weighted by Gasteiger charge is -2.11. The van der Waals surface area contributed by atoms with Crippen LogP contribution in [0.15, 0.2) is 22.5 Å². The molecule has 0 radical (unpaired) electrons. The Morgan fingerprint density at radius 1 is 1.25 bits per heavy atom. The van der Waals surface area contributed by atoms with Crippen LogP contribution in [0.4, 0.5) is 10.8 Å². The van der Waals surface area contributed by atoms with Crippen molar-refractivity contribution in [2.45, 2.75) is 17.7 Å². The van der Waals surface area contributed by atoms with Crippen LogP contribution in [0.5, 0.6) is 11.5 Å². The molecule has 0 aliphatic heterocycles. The zero-order chi connectivity index (χ0) is 17.7. The van der Waals surface area contributed by atoms with Crippen molar-refractivity contribution < 1.29 is 22.7 Å². The van der Waals surface area contributed by atoms with E-state index in [0.717, 1.165) is 11.3 Å². The van der Waals surface area contributed by atoms with Gasteiger partial charge in [0.05, 0.1) is 19.9 Å². The molecule has 0 aliphatic carbocycles. The molecule has 0 saturated heterocycles. The first kappa shape index (κ1) is 17.9. The highest BCUT2D eigenvalue weighted by molar-refractivity contribution is 7.94. The molecule has 9 nitrogen and oxygen atoms in total. The van der Waals surface area contributed by atoms with Crippen LogP contribution in [0.2, 0.25) is 0 Å². The number of hydrogen-bond donors (Lipinski definition) is 2. The summed E-state index contributed by atoms with van der Waals surface area (Å²) in [5.41, 5.74) is 0.229. The van der Waals surface area contributed by atoms with Crippen LogP contribution in [0.3, 0.4) is 0 Å². The van der Waals surface area contributed by atoms with Gasteiger partial charge < -0.3 is 14.8 Å². The number of aromatic nitrogens is 2. The molecule has 130 valence electrons. The van der Waals surface area contributed by atoms with E-state index in [1.54, 1.807) is 19.1 Å². The molecule has 0 saturated carbocycles. The van der Waals surface area contributed by atoms with Crippen molar-refractivity contribution in [2.24, 2.45) is 0 Å². The second-order valence-corrected chi connectivity index (χ2v) is 7.28. The minimum absolute atomic E-state index is 0.115. The van der Waals surface area contributed by atoms with E-state index in [9.17, 15) is 13.2 Å². The lowest BCUT2D eigenvalue weighted by Crippen LogP contribution is -2.13. The van der Waals surface area contributed by atoms with Gasteiger partial charge in [0.15, 0.2) is 0 Å². The van der Waals surface area contributed by atoms with Gasteiger partial charge in [-0.3, -0.25) is 9.52 Å². The first-order valence-corrected chi connectivity index (χ1v) is 9.07. The largest absolute Gasteiger partial charge is 0.497 e. The third-order valence-corrected chi connectivity index (χ3v) is 5.43. The summed E-state index contributed by atoms with van der Waals surface area (Å²) in [5, 5.41) is 9.82. The van der Waals surface area contributed by atoms with E-state index in [4.69, 9.17) is 9.47 Å². The Morgan fingerprint density at radius 2 is 2.00 bits per heavy atom. The average Bonchev–Trinajstić information content (AvgIpc) is 3.04. The topological polar surface area (TPSA) is 120 Å². The third kappa shape index (κ3) is 4.11. The summed E-state index contributed by atoms with van der Waals surface area (Å²) in [6, 6.07) is 4.65. The monoisotopic (exact) mass is 372 g/mol. The van der Waals surface area contributed by atoms with Gasteiger partial charge in [0.25, 0.3) is 14.4 Å². The smallest absolute Gasteiger partial charge is 0.291 e. The van der Waals surface area contributed by atoms with Crippen molar-refractivity contribution in [1.82, 2.24) is 10.2 Å². The van der Waals surface area contributed by atoms with Crippen molar-refractivity contribution in [3.8, 4) is 11.5 Å². The van der Waals surface area contributed by atoms with E-state index in [1.807, 2.05) is 0 Å². The van der Waals surface area contributed by atoms with Gasteiger partial charge in [-0.25, -0.2) is 0 Å². The van der Waals surface area contributed by atoms with Crippen LogP contribution in [0.25, 0.3) is 0 Å². The number of hydrogen-bond acceptors (Lipinski definition) is 8. The van der Waals surface area contributed by atoms with E-state index in [0.29, 0.717) is 11.5 Å². The van der Waals surface area contributed by atoms with Crippen molar-refractivity contribution in [3.63, 3.8) is 0 Å². The maximum absolute atomic E-state index is 12.4. The quantitative estimate of drug-likeness (QED) is 0.710. The van der Waals surface area contributed by atoms with E-state index in [1.165, 1.54) is 20.3 Å². The fraction of sp³-hybridized carbons (Fsp3) is 0.308. The van der Waals surface area contributed by atoms with Gasteiger partial charge in [-0.05, 0) is 12.1 Å². The molecular formula is C13H16N4O5S2. The minimum Gasteiger partial charge on any atom is -0.497 e. The Morgan fingerprint density at radius 3 is 2.62 bits per heavy atom. The van der Waals surface area contributed by atoms with E-state index in [-0.39, 0.29) is 27.5 Å². The Labute approximate surface area is 143 Å². The maximum atomic E-state index is 12.4. The zero-order valence-electron chi connectivity index (χ0n) is 13.2. The minimum atomic E-state index is -3.96. The highest BCUT2D eigenvalue weighted by Gasteiger charge is 2.22. The molecule has 0 spiro atoms. The second kappa shape index (κ2) is 7.45. The summed E-state index contributed by atoms with van der Waals surface area (Å²) in [4.78, 5) is 11.3. The fourth-order valence-corrected chi connectivity index (χ4v) is 3.64. The summed E-state index contributed by atoms with van der Waals surface area (Å²) in [7, 11) is -1.06. The molecule has 1 aromatic carbocycles. The fourth-order valence-electron chi connectivity index (χ4n) is 1.65. The molecule has 2 rings (SSSR count). The molecule has 0 unspecified atom stereocenters. The van der Waals surface area contributed by atoms with E-state index < -0.39 is 10.0 Å². The van der Waals surface area contributed by atoms with Crippen molar-refractivity contribution in [2.75, 3.05) is 24.3 Å². The molecule has 0 bridgehead atoms. The Kier molecular flexibility index (Phi) is 5.57. The predicted molar refractivity (Wildman–Crippen MR) is 89.2 cm³/mol. The molecule has 24 heavy (non-hydrogen) atoms. The zero-order valence-corrected chi connectivity index (χ0v) is 14.8. The number of anilines is 2. The van der Waals surface area contributed by atoms with Gasteiger partial charge in [0.2, 0.25) is 11.0 Å². The predicted octanol–water partition coefficient (Wildman–Crippen LogP) is 1.70. The number of sulfonamides is 1. The lowest BCUT2D eigenvalue weighted by molar-refractivity contribution is -0.115. The van der Waals surface area contributed by atoms with Gasteiger partial charge in [-0.1, -0.05) is 18.3 Å². The number of rotatable bonds is 7. The standard InChI is InChI=1S/C13H16N4O5S2/c1-4-11(18)14-12-15-16-13(23-12)24(19,20)17-9-6-5-8(21-2)7-10(9)22-3/h5-7,17H,4H2,1-3H3,(H,14,15,18). The number of amides is 1. The molecule has 0 atom stereocenters. The molecule has 0 fully saturated rings. The molecular weight excluding hydrogens is 356 g/mol. The third-order valence-electron chi connectivity index (χ3n) is 2.86. The highest BCUT2D eigenvalue weighted by Crippen LogP contribution is 2.31. The van der Waals surface area contributed by atoms with E-state index >= 15 is 0 Å². The van der Waals surface area contributed by atoms with Crippen molar-refractivity contribution in [3.05, 3.63) is 18.2 Å². The van der Waals surface area contributed by atoms with Gasteiger partial charge in [0, 0.05) is 12.5 Å². The molecule has 1 heterocycles. The summed E-state index contributed by atoms with van der Waals surface area (Å²) in [6.07, 6.45) is 0.253. The van der Waals surface area contributed by atoms with Gasteiger partial charge in [0.1, 0.15) is 11.5 Å². The van der Waals surface area contributed by atoms with Crippen LogP contribution in [0.1, 0.15) is 13.3 Å². The lowest BCUT2D eigenvalue weighted by atomic mass is 10.3. The number of carbonyl (C=O) groups is 1. The molecule has 2 N–H and O–H groups in total. The number of methoxy groups -OCH3 is 2. The van der Waals surface area contributed by atoms with Crippen molar-refractivity contribution >= 4 is 38.1 Å². The Balaban J connectivity index is 2.24. The Hall–Kier alpha value is -2.40. The van der Waals surface area contributed by atoms with Gasteiger partial charge >= 0.3 is 0 Å². The summed E-state index contributed by atoms with van der Waals surface area (Å²) < 4.78 is 37.1. The van der Waals surface area contributed by atoms with Gasteiger partial charge in [-0.2, -0.15) is 8.42 Å². The van der Waals surface area contributed by atoms with Crippen LogP contribution in [0, 0.1) is 0 Å². The SMILES string of the molecule is CCC(=O)Nc1nnc(S(=O)(=O)Nc2ccc(OC)cc2OC)s1. The number of carbonyl (C=O) groups excluding carboxylic acids is 1. The highest BCUT2D eigenvalue weighted by atomic mass is 32.2. The van der Waals surface area contributed by atoms with Crippen molar-refractivity contribution in [1.29, 1.82) is 0 Å². The van der Waals surface area contributed by atoms with Crippen LogP contribution in [-0.2, 0) is 14.8 Å². The van der Waals surface area contributed by atoms with E-state index in [2.05, 4.69) is 20.2 Å². The first-order valence-electron chi connectivity index (χ1n) is 6.77. The first-order chi connectivity index (χ1) is 11.4. The molecule has 0 aliphatic rings. The molecule has 2 aromatic rings. The second-order valence-electron chi connectivity index (χ2n) is 4.45. The Bertz CT molecular complexity index is 835. The van der Waals surface area contributed by atoms with Gasteiger partial charge in [-0.15, -0.1) is 10.2 Å². The van der Waals surface area contributed by atoms with Crippen LogP contribution >= 0.6 is 11.3 Å². The summed E-state index contributed by atoms with van der Waals surface area (Å²) in [5.74, 6) is 0.539. The number of ether oxygens (including phenoxy) is 2. The summed E-state index contributed by atoms with van der Waals surface area (Å²) >= 11 is 0.754. The normalized spacial score (nSPS) is 11.0. The number of nitrogens with one attached hydrogen (secondary N) is 2. The maximum Gasteiger partial charge on any atom is 0.291 e. The number of nitrogens with zero attached hydrogens (tertiary/aromatic N) is 2. The molecule has 1 aromatic heterocycles. The molecule has 1 amide bonds. The molecule has 11 heteroatoms. The summed E-state index contributed by atoms with van der Waals surface area (Å²) in [6.45, 7) is 1.67. The van der Waals surface area contributed by atoms with Crippen LogP contribution in [-0.4, -0.2) is 38.7 Å². The van der Waals surface area contributed by atoms with Crippen LogP contribution < -0.4 is 19.5 Å². The average molecular weight is 372 g/mol. The number of benzene rings is 1.